The number of methoxy groups -OCH3 is 1. The molecular weight excluding hydrogens is 309 g/mol. The highest BCUT2D eigenvalue weighted by Gasteiger charge is 2.27. The van der Waals surface area contributed by atoms with Gasteiger partial charge in [0, 0.05) is 6.54 Å². The van der Waals surface area contributed by atoms with Gasteiger partial charge in [-0.2, -0.15) is 0 Å². The van der Waals surface area contributed by atoms with Gasteiger partial charge in [0.25, 0.3) is 5.91 Å². The first-order valence-corrected chi connectivity index (χ1v) is 7.85. The van der Waals surface area contributed by atoms with Gasteiger partial charge in [0.2, 0.25) is 0 Å². The van der Waals surface area contributed by atoms with Crippen molar-refractivity contribution in [1.29, 1.82) is 0 Å². The Balaban J connectivity index is 2.22. The van der Waals surface area contributed by atoms with Crippen LogP contribution in [0.15, 0.2) is 48.5 Å². The number of hydrogen-bond acceptors (Lipinski definition) is 3. The van der Waals surface area contributed by atoms with Crippen LogP contribution in [-0.2, 0) is 4.79 Å². The minimum atomic E-state index is -1.28. The van der Waals surface area contributed by atoms with E-state index >= 15 is 0 Å². The topological polar surface area (TPSA) is 49.8 Å². The SMILES string of the molecule is CCN(C(=O)C(O)c1cccc(OC)c1)C(C)c1ccc(F)cc1. The summed E-state index contributed by atoms with van der Waals surface area (Å²) in [6.45, 7) is 4.13. The highest BCUT2D eigenvalue weighted by atomic mass is 19.1. The molecule has 0 heterocycles. The Morgan fingerprint density at radius 1 is 1.21 bits per heavy atom. The zero-order valence-electron chi connectivity index (χ0n) is 14.1. The van der Waals surface area contributed by atoms with Crippen molar-refractivity contribution in [3.8, 4) is 5.75 Å². The zero-order chi connectivity index (χ0) is 17.7. The van der Waals surface area contributed by atoms with Crippen LogP contribution in [0.3, 0.4) is 0 Å². The molecule has 1 N–H and O–H groups in total. The van der Waals surface area contributed by atoms with E-state index in [0.29, 0.717) is 17.9 Å². The summed E-state index contributed by atoms with van der Waals surface area (Å²) < 4.78 is 18.2. The average molecular weight is 331 g/mol. The number of carbonyl (C=O) groups excluding carboxylic acids is 1. The first kappa shape index (κ1) is 17.9. The van der Waals surface area contributed by atoms with Crippen molar-refractivity contribution < 1.29 is 19.0 Å². The van der Waals surface area contributed by atoms with Gasteiger partial charge >= 0.3 is 0 Å². The molecule has 2 rings (SSSR count). The van der Waals surface area contributed by atoms with Crippen molar-refractivity contribution in [3.63, 3.8) is 0 Å². The van der Waals surface area contributed by atoms with Crippen LogP contribution >= 0.6 is 0 Å². The van der Waals surface area contributed by atoms with Crippen molar-refractivity contribution in [2.75, 3.05) is 13.7 Å². The third-order valence-electron chi connectivity index (χ3n) is 4.09. The Bertz CT molecular complexity index is 687. The monoisotopic (exact) mass is 331 g/mol. The summed E-state index contributed by atoms with van der Waals surface area (Å²) in [6.07, 6.45) is -1.28. The lowest BCUT2D eigenvalue weighted by molar-refractivity contribution is -0.142. The fourth-order valence-electron chi connectivity index (χ4n) is 2.65. The number of aliphatic hydroxyl groups is 1. The average Bonchev–Trinajstić information content (AvgIpc) is 2.62. The zero-order valence-corrected chi connectivity index (χ0v) is 14.1. The Labute approximate surface area is 141 Å². The number of carbonyl (C=O) groups is 1. The number of halogens is 1. The minimum absolute atomic E-state index is 0.275. The summed E-state index contributed by atoms with van der Waals surface area (Å²) in [5.74, 6) is -0.145. The molecule has 0 aromatic heterocycles. The highest BCUT2D eigenvalue weighted by molar-refractivity contribution is 5.82. The molecule has 5 heteroatoms. The Morgan fingerprint density at radius 3 is 2.46 bits per heavy atom. The molecule has 0 saturated heterocycles. The molecule has 2 unspecified atom stereocenters. The van der Waals surface area contributed by atoms with E-state index in [-0.39, 0.29) is 11.9 Å². The predicted octanol–water partition coefficient (Wildman–Crippen LogP) is 3.48. The quantitative estimate of drug-likeness (QED) is 0.882. The number of rotatable bonds is 6. The summed E-state index contributed by atoms with van der Waals surface area (Å²) >= 11 is 0. The molecule has 0 radical (unpaired) electrons. The summed E-state index contributed by atoms with van der Waals surface area (Å²) in [6, 6.07) is 12.5. The van der Waals surface area contributed by atoms with Crippen LogP contribution in [-0.4, -0.2) is 29.6 Å². The standard InChI is InChI=1S/C19H22FNO3/c1-4-21(13(2)14-8-10-16(20)11-9-14)19(23)18(22)15-6-5-7-17(12-15)24-3/h5-13,18,22H,4H2,1-3H3. The number of likely N-dealkylation sites (N-methyl/N-ethyl adjacent to an activating group) is 1. The molecular formula is C19H22FNO3. The van der Waals surface area contributed by atoms with Crippen molar-refractivity contribution in [2.24, 2.45) is 0 Å². The second-order valence-electron chi connectivity index (χ2n) is 5.53. The largest absolute Gasteiger partial charge is 0.497 e. The normalized spacial score (nSPS) is 13.2. The fourth-order valence-corrected chi connectivity index (χ4v) is 2.65. The van der Waals surface area contributed by atoms with E-state index in [1.807, 2.05) is 13.8 Å². The number of ether oxygens (including phenoxy) is 1. The number of nitrogens with zero attached hydrogens (tertiary/aromatic N) is 1. The van der Waals surface area contributed by atoms with Gasteiger partial charge in [-0.3, -0.25) is 4.79 Å². The molecule has 1 amide bonds. The van der Waals surface area contributed by atoms with Crippen molar-refractivity contribution in [1.82, 2.24) is 4.90 Å². The Kier molecular flexibility index (Phi) is 5.93. The van der Waals surface area contributed by atoms with Crippen molar-refractivity contribution in [3.05, 3.63) is 65.5 Å². The molecule has 0 aliphatic heterocycles. The number of amides is 1. The maximum atomic E-state index is 13.1. The van der Waals surface area contributed by atoms with Gasteiger partial charge in [0.1, 0.15) is 11.6 Å². The van der Waals surface area contributed by atoms with E-state index in [1.165, 1.54) is 19.2 Å². The van der Waals surface area contributed by atoms with E-state index < -0.39 is 12.0 Å². The minimum Gasteiger partial charge on any atom is -0.497 e. The maximum absolute atomic E-state index is 13.1. The Hall–Kier alpha value is -2.40. The van der Waals surface area contributed by atoms with Crippen LogP contribution in [0.5, 0.6) is 5.75 Å². The summed E-state index contributed by atoms with van der Waals surface area (Å²) in [5.41, 5.74) is 1.29. The molecule has 0 spiro atoms. The first-order chi connectivity index (χ1) is 11.5. The molecule has 0 aliphatic carbocycles. The molecule has 4 nitrogen and oxygen atoms in total. The summed E-state index contributed by atoms with van der Waals surface area (Å²) in [5, 5.41) is 10.4. The van der Waals surface area contributed by atoms with Crippen molar-refractivity contribution >= 4 is 5.91 Å². The number of hydrogen-bond donors (Lipinski definition) is 1. The summed E-state index contributed by atoms with van der Waals surface area (Å²) in [4.78, 5) is 14.3. The lowest BCUT2D eigenvalue weighted by Gasteiger charge is -2.30. The second-order valence-corrected chi connectivity index (χ2v) is 5.53. The number of benzene rings is 2. The molecule has 0 aliphatic rings. The highest BCUT2D eigenvalue weighted by Crippen LogP contribution is 2.26. The lowest BCUT2D eigenvalue weighted by Crippen LogP contribution is -2.37. The molecule has 128 valence electrons. The first-order valence-electron chi connectivity index (χ1n) is 7.85. The smallest absolute Gasteiger partial charge is 0.256 e. The van der Waals surface area contributed by atoms with Gasteiger partial charge in [-0.1, -0.05) is 24.3 Å². The lowest BCUT2D eigenvalue weighted by atomic mass is 10.0. The predicted molar refractivity (Wildman–Crippen MR) is 90.2 cm³/mol. The second kappa shape index (κ2) is 7.93. The molecule has 2 aromatic rings. The van der Waals surface area contributed by atoms with E-state index in [9.17, 15) is 14.3 Å². The number of aliphatic hydroxyl groups excluding tert-OH is 1. The van der Waals surface area contributed by atoms with Gasteiger partial charge in [0.05, 0.1) is 13.2 Å². The van der Waals surface area contributed by atoms with Crippen LogP contribution in [0.1, 0.15) is 37.1 Å². The fraction of sp³-hybridized carbons (Fsp3) is 0.316. The Morgan fingerprint density at radius 2 is 1.88 bits per heavy atom. The van der Waals surface area contributed by atoms with Gasteiger partial charge in [-0.25, -0.2) is 4.39 Å². The van der Waals surface area contributed by atoms with Gasteiger partial charge in [0.15, 0.2) is 6.10 Å². The maximum Gasteiger partial charge on any atom is 0.256 e. The van der Waals surface area contributed by atoms with Crippen LogP contribution in [0.25, 0.3) is 0 Å². The molecule has 2 atom stereocenters. The van der Waals surface area contributed by atoms with E-state index in [0.717, 1.165) is 5.56 Å². The third kappa shape index (κ3) is 3.92. The van der Waals surface area contributed by atoms with Gasteiger partial charge < -0.3 is 14.7 Å². The molecule has 0 fully saturated rings. The van der Waals surface area contributed by atoms with Gasteiger partial charge in [-0.05, 0) is 49.2 Å². The van der Waals surface area contributed by atoms with Crippen LogP contribution in [0, 0.1) is 5.82 Å². The van der Waals surface area contributed by atoms with E-state index in [4.69, 9.17) is 4.74 Å². The van der Waals surface area contributed by atoms with Crippen LogP contribution in [0.2, 0.25) is 0 Å². The van der Waals surface area contributed by atoms with Crippen LogP contribution < -0.4 is 4.74 Å². The molecule has 0 bridgehead atoms. The molecule has 24 heavy (non-hydrogen) atoms. The molecule has 0 saturated carbocycles. The van der Waals surface area contributed by atoms with Gasteiger partial charge in [-0.15, -0.1) is 0 Å². The third-order valence-corrected chi connectivity index (χ3v) is 4.09. The van der Waals surface area contributed by atoms with Crippen LogP contribution in [0.4, 0.5) is 4.39 Å². The molecule has 2 aromatic carbocycles. The van der Waals surface area contributed by atoms with E-state index in [1.54, 1.807) is 41.3 Å². The van der Waals surface area contributed by atoms with Crippen molar-refractivity contribution in [2.45, 2.75) is 26.0 Å². The summed E-state index contributed by atoms with van der Waals surface area (Å²) in [7, 11) is 1.53. The van der Waals surface area contributed by atoms with E-state index in [2.05, 4.69) is 0 Å².